The normalized spacial score (nSPS) is 17.4. The summed E-state index contributed by atoms with van der Waals surface area (Å²) in [4.78, 5) is 30.4. The van der Waals surface area contributed by atoms with Crippen molar-refractivity contribution in [3.05, 3.63) is 138 Å². The van der Waals surface area contributed by atoms with Gasteiger partial charge in [-0.2, -0.15) is 10.5 Å². The Morgan fingerprint density at radius 2 is 1.21 bits per heavy atom. The zero-order chi connectivity index (χ0) is 49.9. The number of hydrogen-bond donors (Lipinski definition) is 2. The Labute approximate surface area is 440 Å². The van der Waals surface area contributed by atoms with Gasteiger partial charge < -0.3 is 38.5 Å². The highest BCUT2D eigenvalue weighted by molar-refractivity contribution is 8.12. The molecule has 4 aliphatic heterocycles. The lowest BCUT2D eigenvalue weighted by molar-refractivity contribution is -0.133. The molecule has 0 saturated heterocycles. The van der Waals surface area contributed by atoms with Gasteiger partial charge in [0.15, 0.2) is 23.0 Å². The fraction of sp³-hybridized carbons (Fsp3) is 0.127. The quantitative estimate of drug-likeness (QED) is 0.0875. The largest absolute Gasteiger partial charge is 0.497 e. The third kappa shape index (κ3) is 8.69. The molecule has 0 spiro atoms. The maximum atomic E-state index is 11.5. The number of carboxylic acids is 2. The Morgan fingerprint density at radius 1 is 0.644 bits per heavy atom. The molecule has 2 atom stereocenters. The molecule has 18 heteroatoms. The summed E-state index contributed by atoms with van der Waals surface area (Å²) in [5.74, 6) is 1.18. The van der Waals surface area contributed by atoms with E-state index in [0.717, 1.165) is 99.5 Å². The average Bonchev–Trinajstić information content (AvgIpc) is 4.29. The fourth-order valence-corrected chi connectivity index (χ4v) is 16.6. The van der Waals surface area contributed by atoms with Crippen molar-refractivity contribution in [2.75, 3.05) is 33.5 Å². The summed E-state index contributed by atoms with van der Waals surface area (Å²) >= 11 is 9.53. The van der Waals surface area contributed by atoms with Crippen molar-refractivity contribution in [2.45, 2.75) is 10.5 Å². The summed E-state index contributed by atoms with van der Waals surface area (Å²) in [6, 6.07) is 28.6. The molecule has 12 rings (SSSR count). The van der Waals surface area contributed by atoms with Gasteiger partial charge in [-0.1, -0.05) is 36.4 Å². The highest BCUT2D eigenvalue weighted by Crippen LogP contribution is 2.57. The number of aliphatic carboxylic acids is 2. The van der Waals surface area contributed by atoms with Gasteiger partial charge in [-0.05, 0) is 96.1 Å². The molecule has 0 fully saturated rings. The predicted octanol–water partition coefficient (Wildman–Crippen LogP) is 13.7. The van der Waals surface area contributed by atoms with Crippen LogP contribution in [0.25, 0.3) is 81.9 Å². The summed E-state index contributed by atoms with van der Waals surface area (Å²) < 4.78 is 34.8. The maximum Gasteiger partial charge on any atom is 0.346 e. The van der Waals surface area contributed by atoms with Gasteiger partial charge in [0.1, 0.15) is 55.5 Å². The first-order valence-electron chi connectivity index (χ1n) is 22.6. The second-order valence-corrected chi connectivity index (χ2v) is 23.5. The van der Waals surface area contributed by atoms with Crippen LogP contribution in [-0.2, 0) is 9.59 Å². The molecule has 5 aromatic heterocycles. The van der Waals surface area contributed by atoms with E-state index in [4.69, 9.17) is 23.7 Å². The van der Waals surface area contributed by atoms with E-state index in [1.807, 2.05) is 24.3 Å². The van der Waals surface area contributed by atoms with Gasteiger partial charge in [-0.25, -0.2) is 9.59 Å². The van der Waals surface area contributed by atoms with Crippen LogP contribution in [0.15, 0.2) is 107 Å². The molecule has 2 unspecified atom stereocenters. The topological polar surface area (TPSA) is 173 Å². The molecule has 360 valence electrons. The molecule has 2 N–H and O–H groups in total. The summed E-state index contributed by atoms with van der Waals surface area (Å²) in [6.45, 7) is 1.77. The Morgan fingerprint density at radius 3 is 1.78 bits per heavy atom. The van der Waals surface area contributed by atoms with Crippen molar-refractivity contribution in [2.24, 2.45) is 0 Å². The molecule has 0 bridgehead atoms. The number of thioether (sulfide) groups is 2. The van der Waals surface area contributed by atoms with Gasteiger partial charge in [-0.15, -0.1) is 68.9 Å². The molecule has 8 aromatic rings. The third-order valence-corrected chi connectivity index (χ3v) is 19.8. The number of allylic oxidation sites excluding steroid dienone is 1. The molecular formula is C55H35N3O9S6. The molecule has 4 aliphatic rings. The van der Waals surface area contributed by atoms with Crippen LogP contribution in [0.5, 0.6) is 28.7 Å². The number of ether oxygens (including phenoxy) is 5. The van der Waals surface area contributed by atoms with Crippen molar-refractivity contribution in [1.82, 2.24) is 4.57 Å². The number of fused-ring (bicyclic) bond motifs is 7. The van der Waals surface area contributed by atoms with Crippen LogP contribution >= 0.6 is 68.9 Å². The highest BCUT2D eigenvalue weighted by atomic mass is 32.2. The number of methoxy groups -OCH3 is 1. The average molecular weight is 1070 g/mol. The minimum Gasteiger partial charge on any atom is -0.497 e. The molecule has 0 saturated carbocycles. The number of hydrogen-bond acceptors (Lipinski definition) is 15. The number of benzene rings is 3. The summed E-state index contributed by atoms with van der Waals surface area (Å²) in [7, 11) is 1.66. The lowest BCUT2D eigenvalue weighted by Gasteiger charge is -2.17. The van der Waals surface area contributed by atoms with Gasteiger partial charge in [0.25, 0.3) is 0 Å². The lowest BCUT2D eigenvalue weighted by Crippen LogP contribution is -2.15. The van der Waals surface area contributed by atoms with Crippen molar-refractivity contribution in [1.29, 1.82) is 10.5 Å². The van der Waals surface area contributed by atoms with Gasteiger partial charge in [0.05, 0.1) is 42.5 Å². The smallest absolute Gasteiger partial charge is 0.346 e. The van der Waals surface area contributed by atoms with Crippen molar-refractivity contribution >= 4 is 147 Å². The molecular weight excluding hydrogens is 1040 g/mol. The second kappa shape index (κ2) is 19.2. The first kappa shape index (κ1) is 46.6. The maximum absolute atomic E-state index is 11.5. The molecule has 0 amide bonds. The van der Waals surface area contributed by atoms with Gasteiger partial charge >= 0.3 is 11.9 Å². The number of carbonyl (C=O) groups is 2. The fourth-order valence-electron chi connectivity index (χ4n) is 9.01. The number of nitrogens with zero attached hydrogens (tertiary/aromatic N) is 3. The van der Waals surface area contributed by atoms with E-state index in [0.29, 0.717) is 42.8 Å². The molecule has 12 nitrogen and oxygen atoms in total. The van der Waals surface area contributed by atoms with E-state index in [1.165, 1.54) is 23.5 Å². The molecule has 9 heterocycles. The van der Waals surface area contributed by atoms with Crippen LogP contribution in [0.1, 0.15) is 30.6 Å². The summed E-state index contributed by atoms with van der Waals surface area (Å²) in [5.41, 5.74) is 4.53. The minimum atomic E-state index is -1.25. The second-order valence-electron chi connectivity index (χ2n) is 16.8. The molecule has 0 radical (unpaired) electrons. The first-order valence-corrected chi connectivity index (χ1v) is 27.6. The van der Waals surface area contributed by atoms with Crippen LogP contribution < -0.4 is 23.7 Å². The van der Waals surface area contributed by atoms with Crippen LogP contribution in [0.3, 0.4) is 0 Å². The van der Waals surface area contributed by atoms with Gasteiger partial charge in [0.2, 0.25) is 0 Å². The number of nitriles is 2. The predicted molar refractivity (Wildman–Crippen MR) is 296 cm³/mol. The summed E-state index contributed by atoms with van der Waals surface area (Å²) in [6.07, 6.45) is 15.5. The number of carboxylic acid groups (broad SMARTS) is 2. The lowest BCUT2D eigenvalue weighted by atomic mass is 10.1. The van der Waals surface area contributed by atoms with Crippen molar-refractivity contribution in [3.8, 4) is 56.3 Å². The highest BCUT2D eigenvalue weighted by Gasteiger charge is 2.37. The number of thiophene rings is 4. The Kier molecular flexibility index (Phi) is 12.3. The van der Waals surface area contributed by atoms with Crippen molar-refractivity contribution < 1.29 is 43.5 Å². The Hall–Kier alpha value is -7.42. The Balaban J connectivity index is 0.868. The zero-order valence-electron chi connectivity index (χ0n) is 38.1. The first-order chi connectivity index (χ1) is 35.6. The van der Waals surface area contributed by atoms with E-state index >= 15 is 0 Å². The zero-order valence-corrected chi connectivity index (χ0v) is 43.0. The van der Waals surface area contributed by atoms with Crippen LogP contribution in [0, 0.1) is 22.7 Å². The Bertz CT molecular complexity index is 3890. The van der Waals surface area contributed by atoms with Crippen LogP contribution in [-0.4, -0.2) is 70.8 Å². The van der Waals surface area contributed by atoms with Crippen LogP contribution in [0.2, 0.25) is 0 Å². The van der Waals surface area contributed by atoms with Crippen LogP contribution in [0.4, 0.5) is 0 Å². The van der Waals surface area contributed by atoms with E-state index in [-0.39, 0.29) is 21.6 Å². The standard InChI is InChI=1S/C55H35N3O9S6/c1-63-33-8-6-32(7-9-33)58-38-10-2-28(4-12-40-48-50(66-16-14-64-48)52(72-40)46-24-44-42(70-46)22-34(68-44)20-30(26-56)54(59)60)18-36(38)37-19-29(3-11-39(37)58)5-13-41-49-51(67-17-15-65-49)53(73-41)47-25-45-43(71-47)23-35(69-45)21-31(27-57)55(61)62/h2-13,18-25,42,44H,14-17H2,1H3,(H,59,60)(H,61,62)/b12-4+,13-5+,30-20+,31-21+. The van der Waals surface area contributed by atoms with E-state index in [9.17, 15) is 30.3 Å². The minimum absolute atomic E-state index is 0.104. The van der Waals surface area contributed by atoms with Gasteiger partial charge in [-0.3, -0.25) is 0 Å². The SMILES string of the molecule is COc1ccc(-n2c3ccc(/C=C/c4sc(C5=CC6SC(/C=C(\C#N)C(=O)O)=CC6S5)c5c4OCCO5)cc3c3cc(/C=C/c4sc(-c5cc6sc(/C=C(\C#N)C(=O)O)cc6s5)c5c4OCCO5)ccc32)cc1. The molecule has 73 heavy (non-hydrogen) atoms. The molecule has 3 aromatic carbocycles. The summed E-state index contributed by atoms with van der Waals surface area (Å²) in [5, 5.41) is 39.6. The van der Waals surface area contributed by atoms with E-state index in [1.54, 1.807) is 76.8 Å². The van der Waals surface area contributed by atoms with E-state index in [2.05, 4.69) is 89.5 Å². The monoisotopic (exact) mass is 1070 g/mol. The van der Waals surface area contributed by atoms with Crippen molar-refractivity contribution in [3.63, 3.8) is 0 Å². The molecule has 0 aliphatic carbocycles. The van der Waals surface area contributed by atoms with Gasteiger partial charge in [0, 0.05) is 51.0 Å². The number of aromatic nitrogens is 1. The third-order valence-electron chi connectivity index (χ3n) is 12.3. The number of rotatable bonds is 12. The van der Waals surface area contributed by atoms with E-state index < -0.39 is 11.9 Å².